The van der Waals surface area contributed by atoms with Gasteiger partial charge in [-0.05, 0) is 27.7 Å². The Morgan fingerprint density at radius 2 is 2.00 bits per heavy atom. The van der Waals surface area contributed by atoms with Crippen molar-refractivity contribution >= 4 is 5.97 Å². The summed E-state index contributed by atoms with van der Waals surface area (Å²) in [5, 5.41) is 8.56. The molecular weight excluding hydrogens is 156 g/mol. The van der Waals surface area contributed by atoms with Gasteiger partial charge in [-0.2, -0.15) is 0 Å². The summed E-state index contributed by atoms with van der Waals surface area (Å²) in [6.07, 6.45) is 0.309. The highest BCUT2D eigenvalue weighted by molar-refractivity contribution is 5.75. The molecule has 0 fully saturated rings. The first-order valence-electron chi connectivity index (χ1n) is 4.20. The van der Waals surface area contributed by atoms with E-state index in [0.29, 0.717) is 6.42 Å². The van der Waals surface area contributed by atoms with Crippen LogP contribution in [0.15, 0.2) is 0 Å². The van der Waals surface area contributed by atoms with E-state index in [1.807, 2.05) is 0 Å². The van der Waals surface area contributed by atoms with E-state index in [4.69, 9.17) is 9.84 Å². The van der Waals surface area contributed by atoms with Crippen molar-refractivity contribution in [2.45, 2.75) is 40.2 Å². The van der Waals surface area contributed by atoms with Crippen molar-refractivity contribution in [3.63, 3.8) is 0 Å². The van der Waals surface area contributed by atoms with Crippen LogP contribution in [-0.4, -0.2) is 23.8 Å². The van der Waals surface area contributed by atoms with Crippen LogP contribution in [0.25, 0.3) is 0 Å². The minimum absolute atomic E-state index is 0.0542. The van der Waals surface area contributed by atoms with Crippen molar-refractivity contribution in [2.24, 2.45) is 5.41 Å². The summed E-state index contributed by atoms with van der Waals surface area (Å²) in [6.45, 7) is 7.25. The normalized spacial score (nSPS) is 14.1. The molecule has 12 heavy (non-hydrogen) atoms. The summed E-state index contributed by atoms with van der Waals surface area (Å²) in [7, 11) is 0. The van der Waals surface area contributed by atoms with Crippen LogP contribution in [0, 0.1) is 5.41 Å². The third-order valence-electron chi connectivity index (χ3n) is 1.46. The summed E-state index contributed by atoms with van der Waals surface area (Å²) in [4.78, 5) is 11.2. The van der Waals surface area contributed by atoms with Gasteiger partial charge < -0.3 is 9.84 Å². The topological polar surface area (TPSA) is 46.5 Å². The van der Waals surface area contributed by atoms with Crippen LogP contribution in [0.3, 0.4) is 0 Å². The molecule has 0 aromatic rings. The van der Waals surface area contributed by atoms with E-state index in [1.54, 1.807) is 27.7 Å². The minimum atomic E-state index is -0.455. The van der Waals surface area contributed by atoms with E-state index in [9.17, 15) is 4.79 Å². The fourth-order valence-electron chi connectivity index (χ4n) is 0.600. The second-order valence-corrected chi connectivity index (χ2v) is 3.98. The molecule has 0 aromatic carbocycles. The Kier molecular flexibility index (Phi) is 4.24. The molecule has 0 unspecified atom stereocenters. The maximum Gasteiger partial charge on any atom is 0.311 e. The molecule has 0 heterocycles. The molecule has 0 radical (unpaired) electrons. The Morgan fingerprint density at radius 1 is 1.50 bits per heavy atom. The first kappa shape index (κ1) is 11.4. The van der Waals surface area contributed by atoms with Gasteiger partial charge in [-0.15, -0.1) is 0 Å². The smallest absolute Gasteiger partial charge is 0.311 e. The molecule has 3 nitrogen and oxygen atoms in total. The highest BCUT2D eigenvalue weighted by Crippen LogP contribution is 2.16. The highest BCUT2D eigenvalue weighted by Gasteiger charge is 2.24. The van der Waals surface area contributed by atoms with Gasteiger partial charge in [-0.3, -0.25) is 4.79 Å². The number of carbonyl (C=O) groups excluding carboxylic acids is 1. The maximum absolute atomic E-state index is 11.2. The third kappa shape index (κ3) is 4.34. The molecular formula is C9H18O3. The van der Waals surface area contributed by atoms with Crippen molar-refractivity contribution in [3.05, 3.63) is 0 Å². The second kappa shape index (κ2) is 4.45. The molecule has 3 heteroatoms. The fourth-order valence-corrected chi connectivity index (χ4v) is 0.600. The number of aliphatic hydroxyl groups excluding tert-OH is 1. The first-order valence-corrected chi connectivity index (χ1v) is 4.20. The summed E-state index contributed by atoms with van der Waals surface area (Å²) in [6, 6.07) is 0. The molecule has 1 atom stereocenters. The molecule has 0 spiro atoms. The lowest BCUT2D eigenvalue weighted by Crippen LogP contribution is -2.27. The molecule has 0 aromatic heterocycles. The molecule has 0 amide bonds. The van der Waals surface area contributed by atoms with Gasteiger partial charge in [-0.25, -0.2) is 0 Å². The summed E-state index contributed by atoms with van der Waals surface area (Å²) >= 11 is 0. The number of esters is 1. The second-order valence-electron chi connectivity index (χ2n) is 3.98. The van der Waals surface area contributed by atoms with E-state index < -0.39 is 5.41 Å². The van der Waals surface area contributed by atoms with Gasteiger partial charge in [0.25, 0.3) is 0 Å². The summed E-state index contributed by atoms with van der Waals surface area (Å²) in [5.74, 6) is -0.219. The van der Waals surface area contributed by atoms with E-state index >= 15 is 0 Å². The molecule has 0 aliphatic rings. The monoisotopic (exact) mass is 174 g/mol. The zero-order valence-corrected chi connectivity index (χ0v) is 8.26. The van der Waals surface area contributed by atoms with Crippen LogP contribution in [0.1, 0.15) is 34.1 Å². The quantitative estimate of drug-likeness (QED) is 0.657. The largest absolute Gasteiger partial charge is 0.462 e. The van der Waals surface area contributed by atoms with Crippen LogP contribution in [0.5, 0.6) is 0 Å². The van der Waals surface area contributed by atoms with E-state index in [0.717, 1.165) is 0 Å². The van der Waals surface area contributed by atoms with Gasteiger partial charge in [0.15, 0.2) is 0 Å². The van der Waals surface area contributed by atoms with Crippen LogP contribution in [0.4, 0.5) is 0 Å². The zero-order valence-electron chi connectivity index (χ0n) is 8.26. The van der Waals surface area contributed by atoms with Crippen LogP contribution >= 0.6 is 0 Å². The Labute approximate surface area is 73.7 Å². The molecule has 72 valence electrons. The average Bonchev–Trinajstić information content (AvgIpc) is 1.85. The molecule has 0 aliphatic heterocycles. The van der Waals surface area contributed by atoms with E-state index in [-0.39, 0.29) is 18.7 Å². The van der Waals surface area contributed by atoms with Crippen molar-refractivity contribution in [1.29, 1.82) is 0 Å². The summed E-state index contributed by atoms with van der Waals surface area (Å²) < 4.78 is 5.06. The molecule has 1 N–H and O–H groups in total. The van der Waals surface area contributed by atoms with Crippen molar-refractivity contribution in [3.8, 4) is 0 Å². The van der Waals surface area contributed by atoms with Gasteiger partial charge in [0.05, 0.1) is 5.41 Å². The Hall–Kier alpha value is -0.570. The molecule has 0 rings (SSSR count). The summed E-state index contributed by atoms with van der Waals surface area (Å²) in [5.41, 5.74) is -0.455. The molecule has 0 saturated heterocycles. The number of hydrogen-bond acceptors (Lipinski definition) is 3. The first-order chi connectivity index (χ1) is 5.38. The SMILES string of the molecule is C[C@@H](CCO)OC(=O)C(C)(C)C. The number of hydrogen-bond donors (Lipinski definition) is 1. The van der Waals surface area contributed by atoms with Crippen molar-refractivity contribution in [1.82, 2.24) is 0 Å². The standard InChI is InChI=1S/C9H18O3/c1-7(5-6-10)12-8(11)9(2,3)4/h7,10H,5-6H2,1-4H3/t7-/m0/s1. The number of ether oxygens (including phenoxy) is 1. The van der Waals surface area contributed by atoms with Gasteiger partial charge in [0, 0.05) is 13.0 Å². The zero-order chi connectivity index (χ0) is 9.78. The predicted octanol–water partition coefficient (Wildman–Crippen LogP) is 1.35. The Morgan fingerprint density at radius 3 is 2.33 bits per heavy atom. The lowest BCUT2D eigenvalue weighted by atomic mass is 9.97. The van der Waals surface area contributed by atoms with Gasteiger partial charge in [0.1, 0.15) is 6.10 Å². The maximum atomic E-state index is 11.2. The number of aliphatic hydroxyl groups is 1. The molecule has 0 saturated carbocycles. The highest BCUT2D eigenvalue weighted by atomic mass is 16.5. The lowest BCUT2D eigenvalue weighted by Gasteiger charge is -2.20. The predicted molar refractivity (Wildman–Crippen MR) is 46.7 cm³/mol. The molecule has 0 aliphatic carbocycles. The minimum Gasteiger partial charge on any atom is -0.462 e. The third-order valence-corrected chi connectivity index (χ3v) is 1.46. The Bertz CT molecular complexity index is 146. The Balaban J connectivity index is 3.85. The van der Waals surface area contributed by atoms with Crippen molar-refractivity contribution in [2.75, 3.05) is 6.61 Å². The van der Waals surface area contributed by atoms with E-state index in [1.165, 1.54) is 0 Å². The molecule has 0 bridgehead atoms. The number of rotatable bonds is 3. The van der Waals surface area contributed by atoms with Crippen LogP contribution < -0.4 is 0 Å². The fraction of sp³-hybridized carbons (Fsp3) is 0.889. The van der Waals surface area contributed by atoms with Gasteiger partial charge in [0.2, 0.25) is 0 Å². The van der Waals surface area contributed by atoms with Crippen LogP contribution in [-0.2, 0) is 9.53 Å². The average molecular weight is 174 g/mol. The van der Waals surface area contributed by atoms with E-state index in [2.05, 4.69) is 0 Å². The van der Waals surface area contributed by atoms with Gasteiger partial charge in [-0.1, -0.05) is 0 Å². The van der Waals surface area contributed by atoms with Gasteiger partial charge >= 0.3 is 5.97 Å². The number of carbonyl (C=O) groups is 1. The van der Waals surface area contributed by atoms with Crippen LogP contribution in [0.2, 0.25) is 0 Å². The lowest BCUT2D eigenvalue weighted by molar-refractivity contribution is -0.158. The van der Waals surface area contributed by atoms with Crippen molar-refractivity contribution < 1.29 is 14.6 Å².